The van der Waals surface area contributed by atoms with Gasteiger partial charge in [-0.2, -0.15) is 0 Å². The quantitative estimate of drug-likeness (QED) is 0.706. The molecule has 18 heavy (non-hydrogen) atoms. The standard InChI is InChI=1S/C17H14O/c18-17-9-8-15-11-14(6-7-16(15)12-17)10-13-4-2-1-3-5-13/h1-9,11-12,18H,10H2. The molecule has 0 aliphatic rings. The van der Waals surface area contributed by atoms with E-state index < -0.39 is 0 Å². The lowest BCUT2D eigenvalue weighted by atomic mass is 10.0. The van der Waals surface area contributed by atoms with Crippen molar-refractivity contribution in [3.8, 4) is 5.75 Å². The molecule has 0 radical (unpaired) electrons. The van der Waals surface area contributed by atoms with E-state index in [9.17, 15) is 5.11 Å². The lowest BCUT2D eigenvalue weighted by Gasteiger charge is -2.04. The third kappa shape index (κ3) is 2.21. The zero-order chi connectivity index (χ0) is 12.4. The molecule has 0 unspecified atom stereocenters. The SMILES string of the molecule is Oc1ccc2cc(Cc3ccccc3)ccc2c1. The summed E-state index contributed by atoms with van der Waals surface area (Å²) in [5, 5.41) is 11.7. The second-order valence-electron chi connectivity index (χ2n) is 4.53. The average molecular weight is 234 g/mol. The Labute approximate surface area is 106 Å². The molecule has 0 aromatic heterocycles. The highest BCUT2D eigenvalue weighted by Gasteiger charge is 1.99. The fraction of sp³-hybridized carbons (Fsp3) is 0.0588. The summed E-state index contributed by atoms with van der Waals surface area (Å²) in [5.41, 5.74) is 2.61. The molecule has 0 saturated heterocycles. The highest BCUT2D eigenvalue weighted by Crippen LogP contribution is 2.22. The number of benzene rings is 3. The lowest BCUT2D eigenvalue weighted by molar-refractivity contribution is 0.476. The number of phenolic OH excluding ortho intramolecular Hbond substituents is 1. The summed E-state index contributed by atoms with van der Waals surface area (Å²) in [6, 6.07) is 22.3. The van der Waals surface area contributed by atoms with Gasteiger partial charge in [-0.25, -0.2) is 0 Å². The number of phenols is 1. The predicted molar refractivity (Wildman–Crippen MR) is 74.9 cm³/mol. The van der Waals surface area contributed by atoms with Crippen LogP contribution in [0.25, 0.3) is 10.8 Å². The van der Waals surface area contributed by atoms with Crippen molar-refractivity contribution >= 4 is 10.8 Å². The molecule has 88 valence electrons. The highest BCUT2D eigenvalue weighted by atomic mass is 16.3. The van der Waals surface area contributed by atoms with Gasteiger partial charge in [-0.1, -0.05) is 54.6 Å². The molecule has 0 aliphatic heterocycles. The summed E-state index contributed by atoms with van der Waals surface area (Å²) in [5.74, 6) is 0.318. The molecule has 1 heteroatoms. The molecule has 0 saturated carbocycles. The van der Waals surface area contributed by atoms with Crippen molar-refractivity contribution in [2.75, 3.05) is 0 Å². The van der Waals surface area contributed by atoms with E-state index in [1.165, 1.54) is 16.5 Å². The number of hydrogen-bond donors (Lipinski definition) is 1. The van der Waals surface area contributed by atoms with Crippen molar-refractivity contribution < 1.29 is 5.11 Å². The van der Waals surface area contributed by atoms with Crippen LogP contribution in [0.3, 0.4) is 0 Å². The Bertz CT molecular complexity index is 672. The van der Waals surface area contributed by atoms with Gasteiger partial charge in [-0.3, -0.25) is 0 Å². The predicted octanol–water partition coefficient (Wildman–Crippen LogP) is 4.14. The Morgan fingerprint density at radius 1 is 0.667 bits per heavy atom. The molecule has 0 heterocycles. The van der Waals surface area contributed by atoms with Gasteiger partial charge < -0.3 is 5.11 Å². The van der Waals surface area contributed by atoms with Gasteiger partial charge in [0.1, 0.15) is 5.75 Å². The first-order valence-electron chi connectivity index (χ1n) is 6.07. The Balaban J connectivity index is 1.96. The largest absolute Gasteiger partial charge is 0.508 e. The van der Waals surface area contributed by atoms with Gasteiger partial charge in [-0.05, 0) is 40.5 Å². The number of fused-ring (bicyclic) bond motifs is 1. The summed E-state index contributed by atoms with van der Waals surface area (Å²) < 4.78 is 0. The minimum atomic E-state index is 0.318. The van der Waals surface area contributed by atoms with E-state index in [-0.39, 0.29) is 0 Å². The molecule has 3 aromatic rings. The Kier molecular flexibility index (Phi) is 2.73. The van der Waals surface area contributed by atoms with E-state index in [0.717, 1.165) is 11.8 Å². The summed E-state index contributed by atoms with van der Waals surface area (Å²) in [6.07, 6.45) is 0.942. The van der Waals surface area contributed by atoms with Crippen LogP contribution in [0.5, 0.6) is 5.75 Å². The molecule has 0 spiro atoms. The summed E-state index contributed by atoms with van der Waals surface area (Å²) in [4.78, 5) is 0. The van der Waals surface area contributed by atoms with Crippen LogP contribution in [-0.2, 0) is 6.42 Å². The van der Waals surface area contributed by atoms with Crippen molar-refractivity contribution in [3.63, 3.8) is 0 Å². The maximum atomic E-state index is 9.43. The molecule has 3 aromatic carbocycles. The van der Waals surface area contributed by atoms with Gasteiger partial charge in [0.05, 0.1) is 0 Å². The van der Waals surface area contributed by atoms with Crippen LogP contribution in [0.4, 0.5) is 0 Å². The minimum absolute atomic E-state index is 0.318. The van der Waals surface area contributed by atoms with E-state index in [1.54, 1.807) is 12.1 Å². The average Bonchev–Trinajstić information content (AvgIpc) is 2.40. The maximum Gasteiger partial charge on any atom is 0.116 e. The fourth-order valence-corrected chi connectivity index (χ4v) is 2.22. The van der Waals surface area contributed by atoms with Gasteiger partial charge in [0.2, 0.25) is 0 Å². The first-order chi connectivity index (χ1) is 8.81. The Morgan fingerprint density at radius 3 is 2.22 bits per heavy atom. The van der Waals surface area contributed by atoms with Gasteiger partial charge in [0.25, 0.3) is 0 Å². The normalized spacial score (nSPS) is 10.7. The molecule has 0 atom stereocenters. The molecule has 1 N–H and O–H groups in total. The molecule has 3 rings (SSSR count). The summed E-state index contributed by atoms with van der Waals surface area (Å²) in [7, 11) is 0. The topological polar surface area (TPSA) is 20.2 Å². The highest BCUT2D eigenvalue weighted by molar-refractivity contribution is 5.84. The second-order valence-corrected chi connectivity index (χ2v) is 4.53. The Morgan fingerprint density at radius 2 is 1.39 bits per heavy atom. The molecule has 1 nitrogen and oxygen atoms in total. The lowest BCUT2D eigenvalue weighted by Crippen LogP contribution is -1.87. The molecular weight excluding hydrogens is 220 g/mol. The fourth-order valence-electron chi connectivity index (χ4n) is 2.22. The Hall–Kier alpha value is -2.28. The van der Waals surface area contributed by atoms with Gasteiger partial charge in [0.15, 0.2) is 0 Å². The van der Waals surface area contributed by atoms with Crippen LogP contribution >= 0.6 is 0 Å². The van der Waals surface area contributed by atoms with Gasteiger partial charge in [-0.15, -0.1) is 0 Å². The first kappa shape index (κ1) is 10.8. The van der Waals surface area contributed by atoms with Crippen molar-refractivity contribution in [1.82, 2.24) is 0 Å². The zero-order valence-corrected chi connectivity index (χ0v) is 10.0. The van der Waals surface area contributed by atoms with Crippen LogP contribution in [0.1, 0.15) is 11.1 Å². The van der Waals surface area contributed by atoms with Gasteiger partial charge >= 0.3 is 0 Å². The third-order valence-corrected chi connectivity index (χ3v) is 3.14. The maximum absolute atomic E-state index is 9.43. The van der Waals surface area contributed by atoms with E-state index in [4.69, 9.17) is 0 Å². The summed E-state index contributed by atoms with van der Waals surface area (Å²) >= 11 is 0. The first-order valence-corrected chi connectivity index (χ1v) is 6.07. The molecule has 0 amide bonds. The van der Waals surface area contributed by atoms with E-state index in [1.807, 2.05) is 12.1 Å². The third-order valence-electron chi connectivity index (χ3n) is 3.14. The summed E-state index contributed by atoms with van der Waals surface area (Å²) in [6.45, 7) is 0. The van der Waals surface area contributed by atoms with Crippen LogP contribution < -0.4 is 0 Å². The second kappa shape index (κ2) is 4.53. The van der Waals surface area contributed by atoms with Crippen LogP contribution in [-0.4, -0.2) is 5.11 Å². The molecule has 0 fully saturated rings. The molecular formula is C17H14O. The van der Waals surface area contributed by atoms with Crippen LogP contribution in [0.2, 0.25) is 0 Å². The smallest absolute Gasteiger partial charge is 0.116 e. The molecule has 0 bridgehead atoms. The van der Waals surface area contributed by atoms with Gasteiger partial charge in [0, 0.05) is 0 Å². The van der Waals surface area contributed by atoms with E-state index in [0.29, 0.717) is 5.75 Å². The van der Waals surface area contributed by atoms with E-state index in [2.05, 4.69) is 42.5 Å². The van der Waals surface area contributed by atoms with Crippen LogP contribution in [0, 0.1) is 0 Å². The minimum Gasteiger partial charge on any atom is -0.508 e. The zero-order valence-electron chi connectivity index (χ0n) is 10.0. The number of hydrogen-bond acceptors (Lipinski definition) is 1. The van der Waals surface area contributed by atoms with Crippen molar-refractivity contribution in [2.24, 2.45) is 0 Å². The monoisotopic (exact) mass is 234 g/mol. The number of rotatable bonds is 2. The van der Waals surface area contributed by atoms with Crippen LogP contribution in [0.15, 0.2) is 66.7 Å². The van der Waals surface area contributed by atoms with Crippen molar-refractivity contribution in [2.45, 2.75) is 6.42 Å². The molecule has 0 aliphatic carbocycles. The van der Waals surface area contributed by atoms with E-state index >= 15 is 0 Å². The van der Waals surface area contributed by atoms with Crippen molar-refractivity contribution in [3.05, 3.63) is 77.9 Å². The van der Waals surface area contributed by atoms with Crippen molar-refractivity contribution in [1.29, 1.82) is 0 Å². The number of aromatic hydroxyl groups is 1.